The number of nitro groups is 1. The molecule has 0 aliphatic heterocycles. The number of benzene rings is 1. The average Bonchev–Trinajstić information content (AvgIpc) is 2.41. The van der Waals surface area contributed by atoms with Crippen LogP contribution in [0.2, 0.25) is 5.02 Å². The summed E-state index contributed by atoms with van der Waals surface area (Å²) in [5.74, 6) is 0. The predicted octanol–water partition coefficient (Wildman–Crippen LogP) is 3.82. The fourth-order valence-corrected chi connectivity index (χ4v) is 1.89. The van der Waals surface area contributed by atoms with Gasteiger partial charge in [0.15, 0.2) is 0 Å². The first-order chi connectivity index (χ1) is 9.08. The summed E-state index contributed by atoms with van der Waals surface area (Å²) < 4.78 is 0. The minimum absolute atomic E-state index is 0.00511. The van der Waals surface area contributed by atoms with Crippen molar-refractivity contribution in [2.75, 3.05) is 5.32 Å². The first-order valence-electron chi connectivity index (χ1n) is 5.68. The van der Waals surface area contributed by atoms with Gasteiger partial charge in [-0.25, -0.2) is 0 Å². The topological polar surface area (TPSA) is 68.1 Å². The lowest BCUT2D eigenvalue weighted by Crippen LogP contribution is -2.07. The Labute approximate surface area is 115 Å². The molecule has 0 bridgehead atoms. The monoisotopic (exact) mass is 277 g/mol. The number of aromatic nitrogens is 1. The van der Waals surface area contributed by atoms with Crippen LogP contribution in [0.1, 0.15) is 18.5 Å². The van der Waals surface area contributed by atoms with Gasteiger partial charge in [0.05, 0.1) is 11.0 Å². The largest absolute Gasteiger partial charge is 0.378 e. The van der Waals surface area contributed by atoms with Crippen LogP contribution in [0.3, 0.4) is 0 Å². The molecule has 2 rings (SSSR count). The Morgan fingerprint density at radius 1 is 1.42 bits per heavy atom. The highest BCUT2D eigenvalue weighted by atomic mass is 35.5. The van der Waals surface area contributed by atoms with E-state index >= 15 is 0 Å². The van der Waals surface area contributed by atoms with E-state index in [1.807, 2.05) is 19.1 Å². The molecular weight excluding hydrogens is 266 g/mol. The number of hydrogen-bond donors (Lipinski definition) is 1. The molecule has 5 nitrogen and oxygen atoms in total. The molecule has 0 aliphatic rings. The molecule has 0 radical (unpaired) electrons. The molecule has 0 saturated heterocycles. The van der Waals surface area contributed by atoms with E-state index < -0.39 is 4.92 Å². The molecule has 6 heteroatoms. The highest BCUT2D eigenvalue weighted by Gasteiger charge is 2.14. The normalized spacial score (nSPS) is 11.9. The van der Waals surface area contributed by atoms with Crippen molar-refractivity contribution < 1.29 is 4.92 Å². The summed E-state index contributed by atoms with van der Waals surface area (Å²) in [5, 5.41) is 14.1. The predicted molar refractivity (Wildman–Crippen MR) is 74.4 cm³/mol. The molecule has 1 atom stereocenters. The van der Waals surface area contributed by atoms with Crippen LogP contribution < -0.4 is 5.32 Å². The first kappa shape index (κ1) is 13.3. The van der Waals surface area contributed by atoms with E-state index in [0.717, 1.165) is 5.56 Å². The zero-order valence-electron chi connectivity index (χ0n) is 10.2. The summed E-state index contributed by atoms with van der Waals surface area (Å²) in [5.41, 5.74) is 1.54. The fourth-order valence-electron chi connectivity index (χ4n) is 1.71. The van der Waals surface area contributed by atoms with Gasteiger partial charge in [-0.05, 0) is 30.7 Å². The van der Waals surface area contributed by atoms with Crippen molar-refractivity contribution in [3.8, 4) is 0 Å². The molecule has 0 aliphatic carbocycles. The molecule has 1 aromatic carbocycles. The fraction of sp³-hybridized carbons (Fsp3) is 0.154. The van der Waals surface area contributed by atoms with Crippen molar-refractivity contribution in [1.29, 1.82) is 0 Å². The van der Waals surface area contributed by atoms with Crippen molar-refractivity contribution in [2.24, 2.45) is 0 Å². The van der Waals surface area contributed by atoms with Gasteiger partial charge in [-0.3, -0.25) is 15.1 Å². The molecule has 1 aromatic heterocycles. The number of nitro benzene ring substituents is 1. The molecule has 19 heavy (non-hydrogen) atoms. The second-order valence-corrected chi connectivity index (χ2v) is 4.48. The maximum absolute atomic E-state index is 10.8. The third kappa shape index (κ3) is 3.20. The number of nitrogens with zero attached hydrogens (tertiary/aromatic N) is 2. The van der Waals surface area contributed by atoms with Crippen LogP contribution in [0, 0.1) is 10.1 Å². The van der Waals surface area contributed by atoms with Crippen LogP contribution in [-0.4, -0.2) is 9.91 Å². The molecule has 1 unspecified atom stereocenters. The van der Waals surface area contributed by atoms with E-state index in [-0.39, 0.29) is 16.8 Å². The SMILES string of the molecule is CC(Nc1ccc(Cl)c([N+](=O)[O-])c1)c1cccnc1. The van der Waals surface area contributed by atoms with Crippen LogP contribution in [0.5, 0.6) is 0 Å². The van der Waals surface area contributed by atoms with E-state index in [2.05, 4.69) is 10.3 Å². The highest BCUT2D eigenvalue weighted by molar-refractivity contribution is 6.32. The Bertz CT molecular complexity index is 590. The van der Waals surface area contributed by atoms with E-state index in [1.54, 1.807) is 18.5 Å². The molecule has 0 saturated carbocycles. The van der Waals surface area contributed by atoms with Gasteiger partial charge in [-0.1, -0.05) is 17.7 Å². The van der Waals surface area contributed by atoms with E-state index in [4.69, 9.17) is 11.6 Å². The highest BCUT2D eigenvalue weighted by Crippen LogP contribution is 2.29. The van der Waals surface area contributed by atoms with E-state index in [1.165, 1.54) is 12.1 Å². The van der Waals surface area contributed by atoms with Crippen LogP contribution >= 0.6 is 11.6 Å². The van der Waals surface area contributed by atoms with E-state index in [9.17, 15) is 10.1 Å². The zero-order valence-corrected chi connectivity index (χ0v) is 11.0. The lowest BCUT2D eigenvalue weighted by atomic mass is 10.1. The third-order valence-electron chi connectivity index (χ3n) is 2.71. The van der Waals surface area contributed by atoms with Crippen molar-refractivity contribution in [2.45, 2.75) is 13.0 Å². The quantitative estimate of drug-likeness (QED) is 0.681. The van der Waals surface area contributed by atoms with Gasteiger partial charge in [0.2, 0.25) is 0 Å². The standard InChI is InChI=1S/C13H12ClN3O2/c1-9(10-3-2-6-15-8-10)16-11-4-5-12(14)13(7-11)17(18)19/h2-9,16H,1H3. The Hall–Kier alpha value is -2.14. The van der Waals surface area contributed by atoms with Crippen molar-refractivity contribution in [3.05, 3.63) is 63.4 Å². The van der Waals surface area contributed by atoms with Gasteiger partial charge in [-0.2, -0.15) is 0 Å². The lowest BCUT2D eigenvalue weighted by molar-refractivity contribution is -0.384. The molecular formula is C13H12ClN3O2. The number of halogens is 1. The number of anilines is 1. The third-order valence-corrected chi connectivity index (χ3v) is 3.03. The smallest absolute Gasteiger partial charge is 0.289 e. The number of rotatable bonds is 4. The number of pyridine rings is 1. The van der Waals surface area contributed by atoms with Gasteiger partial charge < -0.3 is 5.32 Å². The summed E-state index contributed by atoms with van der Waals surface area (Å²) in [4.78, 5) is 14.4. The Kier molecular flexibility index (Phi) is 3.97. The molecule has 0 fully saturated rings. The molecule has 1 heterocycles. The Morgan fingerprint density at radius 3 is 2.84 bits per heavy atom. The second-order valence-electron chi connectivity index (χ2n) is 4.08. The van der Waals surface area contributed by atoms with Crippen LogP contribution in [0.4, 0.5) is 11.4 Å². The zero-order chi connectivity index (χ0) is 13.8. The number of hydrogen-bond acceptors (Lipinski definition) is 4. The lowest BCUT2D eigenvalue weighted by Gasteiger charge is -2.15. The van der Waals surface area contributed by atoms with Gasteiger partial charge in [-0.15, -0.1) is 0 Å². The van der Waals surface area contributed by atoms with Crippen LogP contribution in [-0.2, 0) is 0 Å². The maximum atomic E-state index is 10.8. The van der Waals surface area contributed by atoms with Gasteiger partial charge in [0.25, 0.3) is 5.69 Å². The summed E-state index contributed by atoms with van der Waals surface area (Å²) in [7, 11) is 0. The summed E-state index contributed by atoms with van der Waals surface area (Å²) in [6.07, 6.45) is 3.45. The minimum atomic E-state index is -0.498. The van der Waals surface area contributed by atoms with Gasteiger partial charge in [0.1, 0.15) is 5.02 Å². The van der Waals surface area contributed by atoms with Gasteiger partial charge >= 0.3 is 0 Å². The molecule has 0 amide bonds. The van der Waals surface area contributed by atoms with Crippen LogP contribution in [0.25, 0.3) is 0 Å². The van der Waals surface area contributed by atoms with Crippen molar-refractivity contribution in [1.82, 2.24) is 4.98 Å². The maximum Gasteiger partial charge on any atom is 0.289 e. The molecule has 1 N–H and O–H groups in total. The second kappa shape index (κ2) is 5.67. The molecule has 0 spiro atoms. The molecule has 98 valence electrons. The summed E-state index contributed by atoms with van der Waals surface area (Å²) in [6, 6.07) is 8.43. The molecule has 2 aromatic rings. The number of nitrogens with one attached hydrogen (secondary N) is 1. The Morgan fingerprint density at radius 2 is 2.21 bits per heavy atom. The van der Waals surface area contributed by atoms with Crippen molar-refractivity contribution >= 4 is 23.0 Å². The summed E-state index contributed by atoms with van der Waals surface area (Å²) >= 11 is 5.77. The van der Waals surface area contributed by atoms with Gasteiger partial charge in [0, 0.05) is 24.1 Å². The average molecular weight is 278 g/mol. The van der Waals surface area contributed by atoms with Crippen molar-refractivity contribution in [3.63, 3.8) is 0 Å². The summed E-state index contributed by atoms with van der Waals surface area (Å²) in [6.45, 7) is 1.96. The van der Waals surface area contributed by atoms with E-state index in [0.29, 0.717) is 5.69 Å². The van der Waals surface area contributed by atoms with Crippen LogP contribution in [0.15, 0.2) is 42.7 Å². The first-order valence-corrected chi connectivity index (χ1v) is 6.06. The Balaban J connectivity index is 2.20. The minimum Gasteiger partial charge on any atom is -0.378 e.